The monoisotopic (exact) mass is 524 g/mol. The molecule has 0 aliphatic carbocycles. The maximum absolute atomic E-state index is 13.0. The Kier molecular flexibility index (Phi) is 5.83. The standard InChI is InChI=1S/C23H18Br2N4O/c1-14-4-3-5-15(2)20(14)26-23(30)21-27-22(16-6-8-17(24)9-7-16)29(28-21)19-12-10-18(25)11-13-19/h3-13H,1-2H3,(H,26,30). The van der Waals surface area contributed by atoms with Crippen molar-refractivity contribution in [2.24, 2.45) is 0 Å². The minimum absolute atomic E-state index is 0.110. The van der Waals surface area contributed by atoms with E-state index in [9.17, 15) is 4.79 Å². The summed E-state index contributed by atoms with van der Waals surface area (Å²) in [5.41, 5.74) is 4.44. The first-order chi connectivity index (χ1) is 14.4. The summed E-state index contributed by atoms with van der Waals surface area (Å²) < 4.78 is 3.62. The van der Waals surface area contributed by atoms with Gasteiger partial charge in [0.2, 0.25) is 5.82 Å². The third-order valence-electron chi connectivity index (χ3n) is 4.70. The molecule has 1 N–H and O–H groups in total. The van der Waals surface area contributed by atoms with Gasteiger partial charge in [-0.25, -0.2) is 9.67 Å². The maximum Gasteiger partial charge on any atom is 0.295 e. The number of para-hydroxylation sites is 1. The number of carbonyl (C=O) groups excluding carboxylic acids is 1. The quantitative estimate of drug-likeness (QED) is 0.338. The number of rotatable bonds is 4. The Morgan fingerprint density at radius 2 is 1.43 bits per heavy atom. The summed E-state index contributed by atoms with van der Waals surface area (Å²) in [6.45, 7) is 3.92. The molecule has 0 fully saturated rings. The van der Waals surface area contributed by atoms with E-state index >= 15 is 0 Å². The molecule has 0 saturated carbocycles. The van der Waals surface area contributed by atoms with Crippen LogP contribution in [0.25, 0.3) is 17.1 Å². The third-order valence-corrected chi connectivity index (χ3v) is 5.76. The molecule has 0 aliphatic heterocycles. The minimum Gasteiger partial charge on any atom is -0.319 e. The van der Waals surface area contributed by atoms with Crippen molar-refractivity contribution in [3.63, 3.8) is 0 Å². The number of anilines is 1. The van der Waals surface area contributed by atoms with E-state index in [1.54, 1.807) is 4.68 Å². The zero-order valence-corrected chi connectivity index (χ0v) is 19.5. The number of halogens is 2. The Bertz CT molecular complexity index is 1130. The maximum atomic E-state index is 13.0. The van der Waals surface area contributed by atoms with E-state index in [4.69, 9.17) is 0 Å². The molecule has 0 atom stereocenters. The average molecular weight is 526 g/mol. The van der Waals surface area contributed by atoms with Gasteiger partial charge in [0.15, 0.2) is 5.82 Å². The number of amides is 1. The molecule has 1 amide bonds. The second-order valence-corrected chi connectivity index (χ2v) is 8.71. The highest BCUT2D eigenvalue weighted by atomic mass is 79.9. The van der Waals surface area contributed by atoms with Crippen LogP contribution in [-0.2, 0) is 0 Å². The fraction of sp³-hybridized carbons (Fsp3) is 0.0870. The lowest BCUT2D eigenvalue weighted by atomic mass is 10.1. The van der Waals surface area contributed by atoms with Gasteiger partial charge in [-0.05, 0) is 61.4 Å². The van der Waals surface area contributed by atoms with Crippen molar-refractivity contribution in [3.8, 4) is 17.1 Å². The van der Waals surface area contributed by atoms with E-state index in [1.807, 2.05) is 80.6 Å². The highest BCUT2D eigenvalue weighted by molar-refractivity contribution is 9.10. The number of benzene rings is 3. The van der Waals surface area contributed by atoms with Crippen LogP contribution in [0.15, 0.2) is 75.7 Å². The van der Waals surface area contributed by atoms with Crippen LogP contribution in [-0.4, -0.2) is 20.7 Å². The molecule has 0 bridgehead atoms. The van der Waals surface area contributed by atoms with Crippen molar-refractivity contribution in [1.29, 1.82) is 0 Å². The van der Waals surface area contributed by atoms with Gasteiger partial charge in [0.25, 0.3) is 5.91 Å². The van der Waals surface area contributed by atoms with Crippen molar-refractivity contribution >= 4 is 43.5 Å². The van der Waals surface area contributed by atoms with Crippen LogP contribution in [0.3, 0.4) is 0 Å². The second-order valence-electron chi connectivity index (χ2n) is 6.88. The normalized spacial score (nSPS) is 10.8. The van der Waals surface area contributed by atoms with Crippen molar-refractivity contribution in [1.82, 2.24) is 14.8 Å². The van der Waals surface area contributed by atoms with E-state index < -0.39 is 0 Å². The zero-order chi connectivity index (χ0) is 21.3. The molecule has 150 valence electrons. The van der Waals surface area contributed by atoms with Crippen molar-refractivity contribution in [3.05, 3.63) is 92.6 Å². The predicted molar refractivity (Wildman–Crippen MR) is 126 cm³/mol. The SMILES string of the molecule is Cc1cccc(C)c1NC(=O)c1nc(-c2ccc(Br)cc2)n(-c2ccc(Br)cc2)n1. The lowest BCUT2D eigenvalue weighted by Crippen LogP contribution is -2.16. The number of hydrogen-bond donors (Lipinski definition) is 1. The van der Waals surface area contributed by atoms with E-state index in [0.717, 1.165) is 37.0 Å². The number of carbonyl (C=O) groups is 1. The molecule has 0 aliphatic rings. The van der Waals surface area contributed by atoms with Crippen LogP contribution in [0.5, 0.6) is 0 Å². The van der Waals surface area contributed by atoms with Gasteiger partial charge in [0.05, 0.1) is 5.69 Å². The molecule has 30 heavy (non-hydrogen) atoms. The molecular formula is C23H18Br2N4O. The molecule has 1 heterocycles. The van der Waals surface area contributed by atoms with Gasteiger partial charge in [-0.15, -0.1) is 5.10 Å². The Hall–Kier alpha value is -2.77. The summed E-state index contributed by atoms with van der Waals surface area (Å²) in [7, 11) is 0. The number of aryl methyl sites for hydroxylation is 2. The third kappa shape index (κ3) is 4.22. The van der Waals surface area contributed by atoms with Gasteiger partial charge in [-0.1, -0.05) is 62.2 Å². The summed E-state index contributed by atoms with van der Waals surface area (Å²) >= 11 is 6.91. The number of nitrogens with zero attached hydrogens (tertiary/aromatic N) is 3. The Morgan fingerprint density at radius 3 is 2.03 bits per heavy atom. The molecule has 0 unspecified atom stereocenters. The Balaban J connectivity index is 1.77. The fourth-order valence-corrected chi connectivity index (χ4v) is 3.67. The molecule has 0 radical (unpaired) electrons. The van der Waals surface area contributed by atoms with Crippen molar-refractivity contribution < 1.29 is 4.79 Å². The highest BCUT2D eigenvalue weighted by Crippen LogP contribution is 2.25. The zero-order valence-electron chi connectivity index (χ0n) is 16.4. The molecule has 5 nitrogen and oxygen atoms in total. The summed E-state index contributed by atoms with van der Waals surface area (Å²) in [4.78, 5) is 17.6. The molecule has 1 aromatic heterocycles. The van der Waals surface area contributed by atoms with Gasteiger partial charge in [0.1, 0.15) is 0 Å². The highest BCUT2D eigenvalue weighted by Gasteiger charge is 2.20. The summed E-state index contributed by atoms with van der Waals surface area (Å²) in [6, 6.07) is 21.4. The Labute approximate surface area is 191 Å². The van der Waals surface area contributed by atoms with Gasteiger partial charge < -0.3 is 5.32 Å². The van der Waals surface area contributed by atoms with E-state index in [1.165, 1.54) is 0 Å². The summed E-state index contributed by atoms with van der Waals surface area (Å²) in [5.74, 6) is 0.358. The van der Waals surface area contributed by atoms with Gasteiger partial charge in [-0.3, -0.25) is 4.79 Å². The van der Waals surface area contributed by atoms with Crippen LogP contribution in [0.2, 0.25) is 0 Å². The van der Waals surface area contributed by atoms with Crippen molar-refractivity contribution in [2.45, 2.75) is 13.8 Å². The van der Waals surface area contributed by atoms with E-state index in [-0.39, 0.29) is 11.7 Å². The van der Waals surface area contributed by atoms with E-state index in [2.05, 4.69) is 47.3 Å². The van der Waals surface area contributed by atoms with E-state index in [0.29, 0.717) is 5.82 Å². The van der Waals surface area contributed by atoms with Crippen LogP contribution in [0, 0.1) is 13.8 Å². The Morgan fingerprint density at radius 1 is 0.867 bits per heavy atom. The number of hydrogen-bond acceptors (Lipinski definition) is 3. The summed E-state index contributed by atoms with van der Waals surface area (Å²) in [6.07, 6.45) is 0. The molecule has 0 saturated heterocycles. The first kappa shape index (κ1) is 20.5. The number of nitrogens with one attached hydrogen (secondary N) is 1. The fourth-order valence-electron chi connectivity index (χ4n) is 3.14. The summed E-state index contributed by atoms with van der Waals surface area (Å²) in [5, 5.41) is 7.50. The first-order valence-electron chi connectivity index (χ1n) is 9.29. The van der Waals surface area contributed by atoms with Crippen molar-refractivity contribution in [2.75, 3.05) is 5.32 Å². The van der Waals surface area contributed by atoms with Gasteiger partial charge in [0, 0.05) is 20.2 Å². The second kappa shape index (κ2) is 8.53. The first-order valence-corrected chi connectivity index (χ1v) is 10.9. The van der Waals surface area contributed by atoms with Crippen LogP contribution in [0.1, 0.15) is 21.7 Å². The van der Waals surface area contributed by atoms with Gasteiger partial charge >= 0.3 is 0 Å². The average Bonchev–Trinajstić information content (AvgIpc) is 3.17. The predicted octanol–water partition coefficient (Wildman–Crippen LogP) is 6.33. The molecule has 4 rings (SSSR count). The molecule has 0 spiro atoms. The van der Waals surface area contributed by atoms with Gasteiger partial charge in [-0.2, -0.15) is 0 Å². The molecular weight excluding hydrogens is 508 g/mol. The number of aromatic nitrogens is 3. The lowest BCUT2D eigenvalue weighted by Gasteiger charge is -2.09. The minimum atomic E-state index is -0.346. The molecule has 7 heteroatoms. The van der Waals surface area contributed by atoms with Crippen LogP contribution < -0.4 is 5.32 Å². The van der Waals surface area contributed by atoms with Crippen LogP contribution in [0.4, 0.5) is 5.69 Å². The largest absolute Gasteiger partial charge is 0.319 e. The molecule has 4 aromatic rings. The van der Waals surface area contributed by atoms with Crippen LogP contribution >= 0.6 is 31.9 Å². The molecule has 3 aromatic carbocycles. The lowest BCUT2D eigenvalue weighted by molar-refractivity contribution is 0.101. The topological polar surface area (TPSA) is 59.8 Å². The smallest absolute Gasteiger partial charge is 0.295 e.